The Balaban J connectivity index is 1.72. The van der Waals surface area contributed by atoms with E-state index in [9.17, 15) is 4.79 Å². The molecule has 1 atom stereocenters. The fourth-order valence-electron chi connectivity index (χ4n) is 3.82. The Hall–Kier alpha value is -2.34. The van der Waals surface area contributed by atoms with E-state index in [1.165, 1.54) is 11.3 Å². The molecule has 3 rings (SSSR count). The molecule has 1 aromatic heterocycles. The van der Waals surface area contributed by atoms with Crippen LogP contribution < -0.4 is 4.74 Å². The van der Waals surface area contributed by atoms with Crippen molar-refractivity contribution >= 4 is 28.8 Å². The number of amides is 1. The van der Waals surface area contributed by atoms with Crippen LogP contribution in [0.3, 0.4) is 0 Å². The summed E-state index contributed by atoms with van der Waals surface area (Å²) in [5.74, 6) is 1.56. The quantitative estimate of drug-likeness (QED) is 0.269. The zero-order chi connectivity index (χ0) is 23.6. The van der Waals surface area contributed by atoms with Gasteiger partial charge in [-0.25, -0.2) is 0 Å². The highest BCUT2D eigenvalue weighted by molar-refractivity contribution is 7.12. The van der Waals surface area contributed by atoms with E-state index < -0.39 is 0 Å². The van der Waals surface area contributed by atoms with Gasteiger partial charge in [0, 0.05) is 17.6 Å². The van der Waals surface area contributed by atoms with E-state index in [0.717, 1.165) is 54.4 Å². The smallest absolute Gasteiger partial charge is 0.264 e. The normalized spacial score (nSPS) is 12.0. The summed E-state index contributed by atoms with van der Waals surface area (Å²) in [6.07, 6.45) is 2.03. The molecule has 1 heterocycles. The minimum absolute atomic E-state index is 0.0874. The van der Waals surface area contributed by atoms with Gasteiger partial charge in [-0.2, -0.15) is 0 Å². The summed E-state index contributed by atoms with van der Waals surface area (Å²) in [5, 5.41) is 2.63. The number of halogens is 1. The zero-order valence-corrected chi connectivity index (χ0v) is 21.2. The predicted molar refractivity (Wildman–Crippen MR) is 139 cm³/mol. The second-order valence-corrected chi connectivity index (χ2v) is 9.52. The fourth-order valence-corrected chi connectivity index (χ4v) is 4.62. The molecule has 3 aromatic rings. The second-order valence-electron chi connectivity index (χ2n) is 8.13. The van der Waals surface area contributed by atoms with Crippen LogP contribution in [0.1, 0.15) is 48.8 Å². The van der Waals surface area contributed by atoms with Gasteiger partial charge in [0.1, 0.15) is 11.5 Å². The van der Waals surface area contributed by atoms with E-state index in [0.29, 0.717) is 11.6 Å². The first kappa shape index (κ1) is 25.3. The molecular formula is C27H33ClN2O2S. The highest BCUT2D eigenvalue weighted by atomic mass is 35.5. The molecule has 6 heteroatoms. The number of hydrogen-bond donors (Lipinski definition) is 0. The van der Waals surface area contributed by atoms with Gasteiger partial charge in [0.15, 0.2) is 0 Å². The van der Waals surface area contributed by atoms with Crippen molar-refractivity contribution in [2.24, 2.45) is 0 Å². The lowest BCUT2D eigenvalue weighted by Gasteiger charge is -2.30. The van der Waals surface area contributed by atoms with Crippen molar-refractivity contribution in [3.8, 4) is 11.5 Å². The third-order valence-corrected chi connectivity index (χ3v) is 6.93. The van der Waals surface area contributed by atoms with Crippen LogP contribution in [0.2, 0.25) is 5.02 Å². The summed E-state index contributed by atoms with van der Waals surface area (Å²) in [4.78, 5) is 18.6. The van der Waals surface area contributed by atoms with E-state index in [-0.39, 0.29) is 11.9 Å². The van der Waals surface area contributed by atoms with Gasteiger partial charge in [0.25, 0.3) is 5.91 Å². The van der Waals surface area contributed by atoms with Crippen LogP contribution in [0, 0.1) is 0 Å². The molecule has 33 heavy (non-hydrogen) atoms. The molecule has 0 spiro atoms. The monoisotopic (exact) mass is 484 g/mol. The maximum absolute atomic E-state index is 13.4. The average molecular weight is 485 g/mol. The van der Waals surface area contributed by atoms with Crippen LogP contribution in [-0.2, 0) is 6.54 Å². The van der Waals surface area contributed by atoms with Gasteiger partial charge in [-0.15, -0.1) is 11.3 Å². The Labute approximate surface area is 206 Å². The Morgan fingerprint density at radius 2 is 1.79 bits per heavy atom. The Morgan fingerprint density at radius 1 is 1.03 bits per heavy atom. The molecule has 0 aliphatic carbocycles. The van der Waals surface area contributed by atoms with E-state index in [2.05, 4.69) is 25.7 Å². The van der Waals surface area contributed by atoms with Crippen molar-refractivity contribution in [2.75, 3.05) is 19.6 Å². The van der Waals surface area contributed by atoms with Gasteiger partial charge < -0.3 is 14.5 Å². The van der Waals surface area contributed by atoms with Crippen LogP contribution in [0.25, 0.3) is 0 Å². The lowest BCUT2D eigenvalue weighted by Crippen LogP contribution is -2.38. The maximum atomic E-state index is 13.4. The molecule has 176 valence electrons. The first-order chi connectivity index (χ1) is 16.0. The van der Waals surface area contributed by atoms with Crippen molar-refractivity contribution in [3.63, 3.8) is 0 Å². The Morgan fingerprint density at radius 3 is 2.45 bits per heavy atom. The summed E-state index contributed by atoms with van der Waals surface area (Å²) >= 11 is 7.47. The Kier molecular flexibility index (Phi) is 9.79. The molecule has 2 aromatic carbocycles. The first-order valence-corrected chi connectivity index (χ1v) is 12.8. The number of thiophene rings is 1. The summed E-state index contributed by atoms with van der Waals surface area (Å²) in [6, 6.07) is 19.2. The lowest BCUT2D eigenvalue weighted by atomic mass is 10.1. The highest BCUT2D eigenvalue weighted by Crippen LogP contribution is 2.26. The van der Waals surface area contributed by atoms with Gasteiger partial charge in [-0.1, -0.05) is 43.6 Å². The van der Waals surface area contributed by atoms with Crippen molar-refractivity contribution < 1.29 is 9.53 Å². The summed E-state index contributed by atoms with van der Waals surface area (Å²) in [7, 11) is 0. The summed E-state index contributed by atoms with van der Waals surface area (Å²) < 4.78 is 6.00. The number of hydrogen-bond acceptors (Lipinski definition) is 4. The third-order valence-electron chi connectivity index (χ3n) is 5.82. The van der Waals surface area contributed by atoms with Gasteiger partial charge in [-0.3, -0.25) is 4.79 Å². The van der Waals surface area contributed by atoms with E-state index >= 15 is 0 Å². The van der Waals surface area contributed by atoms with Gasteiger partial charge in [0.2, 0.25) is 0 Å². The number of rotatable bonds is 12. The molecule has 0 fully saturated rings. The standard InChI is InChI=1S/C27H33ClN2O2S/c1-4-29(5-2)17-7-9-21(3)30(27(31)26-12-8-18-33-26)20-22-10-6-11-25(19-22)32-24-15-13-23(28)14-16-24/h6,8,10-16,18-19,21H,4-5,7,9,17,20H2,1-3H3. The van der Waals surface area contributed by atoms with Crippen LogP contribution in [0.5, 0.6) is 11.5 Å². The van der Waals surface area contributed by atoms with Crippen molar-refractivity contribution in [3.05, 3.63) is 81.5 Å². The molecule has 1 amide bonds. The topological polar surface area (TPSA) is 32.8 Å². The summed E-state index contributed by atoms with van der Waals surface area (Å²) in [5.41, 5.74) is 1.04. The van der Waals surface area contributed by atoms with Crippen LogP contribution >= 0.6 is 22.9 Å². The second kappa shape index (κ2) is 12.8. The number of ether oxygens (including phenoxy) is 1. The van der Waals surface area contributed by atoms with Gasteiger partial charge in [0.05, 0.1) is 4.88 Å². The van der Waals surface area contributed by atoms with E-state index in [1.54, 1.807) is 0 Å². The summed E-state index contributed by atoms with van der Waals surface area (Å²) in [6.45, 7) is 10.3. The number of benzene rings is 2. The third kappa shape index (κ3) is 7.60. The molecule has 0 saturated carbocycles. The SMILES string of the molecule is CCN(CC)CCCC(C)N(Cc1cccc(Oc2ccc(Cl)cc2)c1)C(=O)c1cccs1. The minimum Gasteiger partial charge on any atom is -0.457 e. The lowest BCUT2D eigenvalue weighted by molar-refractivity contribution is 0.0667. The van der Waals surface area contributed by atoms with Crippen LogP contribution in [0.15, 0.2) is 66.0 Å². The Bertz CT molecular complexity index is 988. The van der Waals surface area contributed by atoms with Crippen molar-refractivity contribution in [1.29, 1.82) is 0 Å². The average Bonchev–Trinajstić information content (AvgIpc) is 3.37. The van der Waals surface area contributed by atoms with Crippen molar-refractivity contribution in [2.45, 2.75) is 46.2 Å². The molecule has 0 aliphatic heterocycles. The van der Waals surface area contributed by atoms with Gasteiger partial charge in [-0.05, 0) is 92.8 Å². The largest absolute Gasteiger partial charge is 0.457 e. The van der Waals surface area contributed by atoms with Crippen molar-refractivity contribution in [1.82, 2.24) is 9.80 Å². The molecule has 0 N–H and O–H groups in total. The van der Waals surface area contributed by atoms with E-state index in [4.69, 9.17) is 16.3 Å². The molecule has 0 radical (unpaired) electrons. The maximum Gasteiger partial charge on any atom is 0.264 e. The predicted octanol–water partition coefficient (Wildman–Crippen LogP) is 7.35. The van der Waals surface area contributed by atoms with E-state index in [1.807, 2.05) is 70.9 Å². The number of carbonyl (C=O) groups is 1. The van der Waals surface area contributed by atoms with Gasteiger partial charge >= 0.3 is 0 Å². The molecule has 0 aliphatic rings. The molecule has 0 bridgehead atoms. The fraction of sp³-hybridized carbons (Fsp3) is 0.370. The molecular weight excluding hydrogens is 452 g/mol. The number of carbonyl (C=O) groups excluding carboxylic acids is 1. The van der Waals surface area contributed by atoms with Crippen LogP contribution in [-0.4, -0.2) is 41.4 Å². The number of nitrogens with zero attached hydrogens (tertiary/aromatic N) is 2. The molecule has 1 unspecified atom stereocenters. The highest BCUT2D eigenvalue weighted by Gasteiger charge is 2.23. The van der Waals surface area contributed by atoms with Crippen LogP contribution in [0.4, 0.5) is 0 Å². The molecule has 0 saturated heterocycles. The zero-order valence-electron chi connectivity index (χ0n) is 19.7. The molecule has 4 nitrogen and oxygen atoms in total. The minimum atomic E-state index is 0.0874. The first-order valence-electron chi connectivity index (χ1n) is 11.6.